The van der Waals surface area contributed by atoms with Crippen LogP contribution in [0.4, 0.5) is 0 Å². The molecule has 2 aromatic carbocycles. The van der Waals surface area contributed by atoms with Crippen LogP contribution in [0.25, 0.3) is 11.0 Å². The summed E-state index contributed by atoms with van der Waals surface area (Å²) in [5.41, 5.74) is 2.66. The predicted molar refractivity (Wildman–Crippen MR) is 114 cm³/mol. The van der Waals surface area contributed by atoms with Crippen LogP contribution in [0.3, 0.4) is 0 Å². The maximum absolute atomic E-state index is 12.6. The molecule has 1 aliphatic carbocycles. The maximum atomic E-state index is 12.6. The van der Waals surface area contributed by atoms with E-state index in [1.165, 1.54) is 0 Å². The molecule has 0 aliphatic heterocycles. The highest BCUT2D eigenvalue weighted by atomic mass is 16.5. The fourth-order valence-corrected chi connectivity index (χ4v) is 3.93. The van der Waals surface area contributed by atoms with Gasteiger partial charge in [-0.1, -0.05) is 30.3 Å². The second-order valence-corrected chi connectivity index (χ2v) is 7.71. The Morgan fingerprint density at radius 1 is 1.13 bits per heavy atom. The van der Waals surface area contributed by atoms with Crippen LogP contribution in [-0.4, -0.2) is 29.1 Å². The number of amides is 1. The molecule has 4 rings (SSSR count). The van der Waals surface area contributed by atoms with Crippen molar-refractivity contribution >= 4 is 22.8 Å². The van der Waals surface area contributed by atoms with Crippen LogP contribution in [0.2, 0.25) is 0 Å². The predicted octanol–water partition coefficient (Wildman–Crippen LogP) is 2.86. The average molecular weight is 421 g/mol. The van der Waals surface area contributed by atoms with Crippen molar-refractivity contribution in [2.75, 3.05) is 0 Å². The Morgan fingerprint density at radius 3 is 2.61 bits per heavy atom. The Hall–Kier alpha value is -3.61. The molecule has 1 amide bonds. The van der Waals surface area contributed by atoms with Crippen LogP contribution >= 0.6 is 0 Å². The van der Waals surface area contributed by atoms with E-state index in [2.05, 4.69) is 5.32 Å². The lowest BCUT2D eigenvalue weighted by atomic mass is 10.1. The van der Waals surface area contributed by atoms with Gasteiger partial charge in [0.1, 0.15) is 17.4 Å². The number of carbonyl (C=O) groups excluding carboxylic acids is 1. The first kappa shape index (κ1) is 20.7. The number of benzene rings is 2. The SMILES string of the molecule is CC(Oc1ccc2c3c(c(=O)oc2c1)CCC3)C(=O)N[C@@H](Cc1ccccc1)C(=O)O. The third-order valence-electron chi connectivity index (χ3n) is 5.52. The zero-order chi connectivity index (χ0) is 22.0. The molecule has 2 N–H and O–H groups in total. The third-order valence-corrected chi connectivity index (χ3v) is 5.52. The molecule has 0 radical (unpaired) electrons. The number of carboxylic acids is 1. The van der Waals surface area contributed by atoms with Gasteiger partial charge in [0.25, 0.3) is 5.91 Å². The van der Waals surface area contributed by atoms with Crippen molar-refractivity contribution in [3.8, 4) is 5.75 Å². The summed E-state index contributed by atoms with van der Waals surface area (Å²) in [6, 6.07) is 13.2. The van der Waals surface area contributed by atoms with Crippen molar-refractivity contribution in [2.24, 2.45) is 0 Å². The Bertz CT molecular complexity index is 1180. The molecule has 7 heteroatoms. The smallest absolute Gasteiger partial charge is 0.339 e. The normalized spacial score (nSPS) is 14.6. The van der Waals surface area contributed by atoms with Crippen LogP contribution in [0.15, 0.2) is 57.7 Å². The van der Waals surface area contributed by atoms with E-state index >= 15 is 0 Å². The number of rotatable bonds is 7. The Morgan fingerprint density at radius 2 is 1.87 bits per heavy atom. The molecule has 7 nitrogen and oxygen atoms in total. The number of fused-ring (bicyclic) bond motifs is 3. The van der Waals surface area contributed by atoms with Gasteiger partial charge in [0.2, 0.25) is 0 Å². The van der Waals surface area contributed by atoms with Gasteiger partial charge in [0.05, 0.1) is 0 Å². The van der Waals surface area contributed by atoms with E-state index in [9.17, 15) is 19.5 Å². The van der Waals surface area contributed by atoms with E-state index in [1.54, 1.807) is 19.1 Å². The minimum absolute atomic E-state index is 0.168. The van der Waals surface area contributed by atoms with Crippen LogP contribution in [-0.2, 0) is 28.9 Å². The molecule has 2 atom stereocenters. The van der Waals surface area contributed by atoms with E-state index in [0.29, 0.717) is 11.3 Å². The molecule has 1 unspecified atom stereocenters. The van der Waals surface area contributed by atoms with Crippen molar-refractivity contribution in [1.29, 1.82) is 0 Å². The topological polar surface area (TPSA) is 106 Å². The zero-order valence-corrected chi connectivity index (χ0v) is 17.1. The van der Waals surface area contributed by atoms with Crippen LogP contribution in [0.5, 0.6) is 5.75 Å². The Labute approximate surface area is 178 Å². The van der Waals surface area contributed by atoms with Crippen molar-refractivity contribution < 1.29 is 23.8 Å². The molecule has 0 fully saturated rings. The van der Waals surface area contributed by atoms with Gasteiger partial charge in [-0.25, -0.2) is 9.59 Å². The first-order valence-electron chi connectivity index (χ1n) is 10.2. The number of nitrogens with one attached hydrogen (secondary N) is 1. The summed E-state index contributed by atoms with van der Waals surface area (Å²) >= 11 is 0. The lowest BCUT2D eigenvalue weighted by Crippen LogP contribution is -2.47. The highest BCUT2D eigenvalue weighted by Crippen LogP contribution is 2.29. The molecule has 0 bridgehead atoms. The summed E-state index contributed by atoms with van der Waals surface area (Å²) < 4.78 is 11.1. The molecule has 0 saturated carbocycles. The van der Waals surface area contributed by atoms with Gasteiger partial charge in [-0.15, -0.1) is 0 Å². The molecule has 1 heterocycles. The largest absolute Gasteiger partial charge is 0.481 e. The van der Waals surface area contributed by atoms with Crippen molar-refractivity contribution in [3.05, 3.63) is 75.6 Å². The molecule has 160 valence electrons. The number of carbonyl (C=O) groups is 2. The van der Waals surface area contributed by atoms with E-state index in [0.717, 1.165) is 41.3 Å². The Balaban J connectivity index is 1.46. The number of aliphatic carboxylic acids is 1. The molecule has 0 saturated heterocycles. The molecular formula is C24H23NO6. The third kappa shape index (κ3) is 4.45. The molecular weight excluding hydrogens is 398 g/mol. The minimum Gasteiger partial charge on any atom is -0.481 e. The van der Waals surface area contributed by atoms with E-state index in [-0.39, 0.29) is 12.0 Å². The van der Waals surface area contributed by atoms with Gasteiger partial charge in [-0.05, 0) is 49.4 Å². The molecule has 1 aromatic heterocycles. The number of ether oxygens (including phenoxy) is 1. The number of aryl methyl sites for hydroxylation is 1. The van der Waals surface area contributed by atoms with Crippen molar-refractivity contribution in [3.63, 3.8) is 0 Å². The van der Waals surface area contributed by atoms with Crippen molar-refractivity contribution in [1.82, 2.24) is 5.32 Å². The highest BCUT2D eigenvalue weighted by molar-refractivity contribution is 5.87. The minimum atomic E-state index is -1.12. The lowest BCUT2D eigenvalue weighted by Gasteiger charge is -2.19. The lowest BCUT2D eigenvalue weighted by molar-refractivity contribution is -0.142. The maximum Gasteiger partial charge on any atom is 0.339 e. The monoisotopic (exact) mass is 421 g/mol. The average Bonchev–Trinajstić information content (AvgIpc) is 3.24. The second kappa shape index (κ2) is 8.63. The molecule has 31 heavy (non-hydrogen) atoms. The quantitative estimate of drug-likeness (QED) is 0.569. The fraction of sp³-hybridized carbons (Fsp3) is 0.292. The van der Waals surface area contributed by atoms with Crippen LogP contribution in [0.1, 0.15) is 30.0 Å². The first-order valence-corrected chi connectivity index (χ1v) is 10.2. The fourth-order valence-electron chi connectivity index (χ4n) is 3.93. The second-order valence-electron chi connectivity index (χ2n) is 7.71. The van der Waals surface area contributed by atoms with Gasteiger partial charge in [-0.2, -0.15) is 0 Å². The number of hydrogen-bond acceptors (Lipinski definition) is 5. The summed E-state index contributed by atoms with van der Waals surface area (Å²) in [5, 5.41) is 12.9. The van der Waals surface area contributed by atoms with Gasteiger partial charge in [0.15, 0.2) is 6.10 Å². The summed E-state index contributed by atoms with van der Waals surface area (Å²) in [6.45, 7) is 1.54. The molecule has 0 spiro atoms. The van der Waals surface area contributed by atoms with Gasteiger partial charge in [0, 0.05) is 23.4 Å². The number of hydrogen-bond donors (Lipinski definition) is 2. The van der Waals surface area contributed by atoms with Crippen LogP contribution in [0, 0.1) is 0 Å². The summed E-state index contributed by atoms with van der Waals surface area (Å²) in [5.74, 6) is -1.30. The number of carboxylic acid groups (broad SMARTS) is 1. The first-order chi connectivity index (χ1) is 14.9. The summed E-state index contributed by atoms with van der Waals surface area (Å²) in [4.78, 5) is 36.3. The Kier molecular flexibility index (Phi) is 5.75. The molecule has 1 aliphatic rings. The zero-order valence-electron chi connectivity index (χ0n) is 17.1. The van der Waals surface area contributed by atoms with Gasteiger partial charge < -0.3 is 19.6 Å². The summed E-state index contributed by atoms with van der Waals surface area (Å²) in [6.07, 6.45) is 1.74. The van der Waals surface area contributed by atoms with E-state index < -0.39 is 24.0 Å². The van der Waals surface area contributed by atoms with E-state index in [1.807, 2.05) is 36.4 Å². The van der Waals surface area contributed by atoms with Gasteiger partial charge >= 0.3 is 11.6 Å². The van der Waals surface area contributed by atoms with Crippen LogP contribution < -0.4 is 15.7 Å². The van der Waals surface area contributed by atoms with E-state index in [4.69, 9.17) is 9.15 Å². The molecule has 3 aromatic rings. The standard InChI is InChI=1S/C24H23NO6/c1-14(22(26)25-20(23(27)28)12-15-6-3-2-4-7-15)30-16-10-11-18-17-8-5-9-19(17)24(29)31-21(18)13-16/h2-4,6-7,10-11,13-14,20H,5,8-9,12H2,1H3,(H,25,26)(H,27,28)/t14?,20-/m0/s1. The van der Waals surface area contributed by atoms with Gasteiger partial charge in [-0.3, -0.25) is 4.79 Å². The summed E-state index contributed by atoms with van der Waals surface area (Å²) in [7, 11) is 0. The van der Waals surface area contributed by atoms with Crippen molar-refractivity contribution in [2.45, 2.75) is 44.8 Å². The highest BCUT2D eigenvalue weighted by Gasteiger charge is 2.25.